The molecule has 19 heavy (non-hydrogen) atoms. The van der Waals surface area contributed by atoms with E-state index in [0.29, 0.717) is 11.6 Å². The molecule has 1 aromatic carbocycles. The number of ether oxygens (including phenoxy) is 1. The molecule has 0 aliphatic carbocycles. The SMILES string of the molecule is CC(C)(C)C(O)C(=O)Cc1cc(Cl)cc2c1OCC2. The Morgan fingerprint density at radius 1 is 1.47 bits per heavy atom. The Balaban J connectivity index is 2.23. The summed E-state index contributed by atoms with van der Waals surface area (Å²) in [5.74, 6) is 0.561. The van der Waals surface area contributed by atoms with E-state index >= 15 is 0 Å². The van der Waals surface area contributed by atoms with E-state index in [4.69, 9.17) is 16.3 Å². The molecule has 1 atom stereocenters. The molecule has 1 aliphatic heterocycles. The first-order valence-electron chi connectivity index (χ1n) is 6.44. The number of rotatable bonds is 3. The average Bonchev–Trinajstić information content (AvgIpc) is 2.74. The lowest BCUT2D eigenvalue weighted by Gasteiger charge is -2.24. The Hall–Kier alpha value is -1.06. The largest absolute Gasteiger partial charge is 0.493 e. The minimum Gasteiger partial charge on any atom is -0.493 e. The second-order valence-corrected chi connectivity index (χ2v) is 6.50. The van der Waals surface area contributed by atoms with Crippen molar-refractivity contribution in [1.82, 2.24) is 0 Å². The van der Waals surface area contributed by atoms with E-state index < -0.39 is 11.5 Å². The Morgan fingerprint density at radius 2 is 2.16 bits per heavy atom. The third-order valence-electron chi connectivity index (χ3n) is 3.32. The van der Waals surface area contributed by atoms with Crippen molar-refractivity contribution in [1.29, 1.82) is 0 Å². The number of aliphatic hydroxyl groups is 1. The van der Waals surface area contributed by atoms with Crippen molar-refractivity contribution in [3.63, 3.8) is 0 Å². The van der Waals surface area contributed by atoms with Gasteiger partial charge in [-0.15, -0.1) is 0 Å². The van der Waals surface area contributed by atoms with Crippen LogP contribution >= 0.6 is 11.6 Å². The first-order chi connectivity index (χ1) is 8.79. The summed E-state index contributed by atoms with van der Waals surface area (Å²) in [6.07, 6.45) is -0.0104. The van der Waals surface area contributed by atoms with E-state index in [2.05, 4.69) is 0 Å². The molecule has 3 nitrogen and oxygen atoms in total. The highest BCUT2D eigenvalue weighted by Crippen LogP contribution is 2.34. The molecule has 4 heteroatoms. The number of halogens is 1. The maximum Gasteiger partial charge on any atom is 0.166 e. The quantitative estimate of drug-likeness (QED) is 0.927. The van der Waals surface area contributed by atoms with Crippen LogP contribution in [-0.2, 0) is 17.6 Å². The number of ketones is 1. The minimum absolute atomic E-state index is 0.154. The zero-order valence-electron chi connectivity index (χ0n) is 11.5. The highest BCUT2D eigenvalue weighted by Gasteiger charge is 2.30. The van der Waals surface area contributed by atoms with Crippen LogP contribution in [-0.4, -0.2) is 23.6 Å². The van der Waals surface area contributed by atoms with E-state index in [1.807, 2.05) is 26.8 Å². The van der Waals surface area contributed by atoms with Crippen LogP contribution in [0, 0.1) is 5.41 Å². The molecule has 0 saturated carbocycles. The number of hydrogen-bond acceptors (Lipinski definition) is 3. The van der Waals surface area contributed by atoms with E-state index in [1.165, 1.54) is 0 Å². The van der Waals surface area contributed by atoms with Crippen LogP contribution in [0.3, 0.4) is 0 Å². The smallest absolute Gasteiger partial charge is 0.166 e. The second-order valence-electron chi connectivity index (χ2n) is 6.06. The molecule has 1 aromatic rings. The lowest BCUT2D eigenvalue weighted by atomic mass is 9.84. The molecule has 0 fully saturated rings. The van der Waals surface area contributed by atoms with Crippen LogP contribution in [0.15, 0.2) is 12.1 Å². The number of aliphatic hydroxyl groups excluding tert-OH is 1. The number of carbonyl (C=O) groups excluding carboxylic acids is 1. The normalized spacial score (nSPS) is 15.8. The lowest BCUT2D eigenvalue weighted by Crippen LogP contribution is -2.35. The molecule has 1 heterocycles. The van der Waals surface area contributed by atoms with Crippen LogP contribution < -0.4 is 4.74 Å². The van der Waals surface area contributed by atoms with Crippen LogP contribution in [0.5, 0.6) is 5.75 Å². The third-order valence-corrected chi connectivity index (χ3v) is 3.53. The molecule has 1 unspecified atom stereocenters. The molecular weight excluding hydrogens is 264 g/mol. The van der Waals surface area contributed by atoms with E-state index in [9.17, 15) is 9.90 Å². The van der Waals surface area contributed by atoms with Gasteiger partial charge in [0.25, 0.3) is 0 Å². The number of carbonyl (C=O) groups is 1. The average molecular weight is 283 g/mol. The molecule has 1 aliphatic rings. The fraction of sp³-hybridized carbons (Fsp3) is 0.533. The summed E-state index contributed by atoms with van der Waals surface area (Å²) in [6, 6.07) is 3.62. The van der Waals surface area contributed by atoms with Gasteiger partial charge in [-0.25, -0.2) is 0 Å². The molecule has 0 aromatic heterocycles. The summed E-state index contributed by atoms with van der Waals surface area (Å²) in [6.45, 7) is 6.15. The molecular formula is C15H19ClO3. The highest BCUT2D eigenvalue weighted by molar-refractivity contribution is 6.30. The van der Waals surface area contributed by atoms with Gasteiger partial charge in [0.05, 0.1) is 6.61 Å². The van der Waals surface area contributed by atoms with Crippen molar-refractivity contribution >= 4 is 17.4 Å². The van der Waals surface area contributed by atoms with E-state index in [1.54, 1.807) is 6.07 Å². The van der Waals surface area contributed by atoms with E-state index in [-0.39, 0.29) is 12.2 Å². The van der Waals surface area contributed by atoms with Gasteiger partial charge in [-0.1, -0.05) is 32.4 Å². The highest BCUT2D eigenvalue weighted by atomic mass is 35.5. The Morgan fingerprint density at radius 3 is 2.79 bits per heavy atom. The zero-order chi connectivity index (χ0) is 14.2. The maximum atomic E-state index is 12.1. The molecule has 0 radical (unpaired) electrons. The monoisotopic (exact) mass is 282 g/mol. The maximum absolute atomic E-state index is 12.1. The van der Waals surface area contributed by atoms with Gasteiger partial charge in [0, 0.05) is 23.4 Å². The Kier molecular flexibility index (Phi) is 3.88. The first kappa shape index (κ1) is 14.4. The molecule has 104 valence electrons. The topological polar surface area (TPSA) is 46.5 Å². The summed E-state index contributed by atoms with van der Waals surface area (Å²) in [4.78, 5) is 12.1. The van der Waals surface area contributed by atoms with Crippen molar-refractivity contribution in [3.05, 3.63) is 28.3 Å². The van der Waals surface area contributed by atoms with Crippen LogP contribution in [0.1, 0.15) is 31.9 Å². The van der Waals surface area contributed by atoms with Crippen LogP contribution in [0.2, 0.25) is 5.02 Å². The van der Waals surface area contributed by atoms with Gasteiger partial charge >= 0.3 is 0 Å². The fourth-order valence-corrected chi connectivity index (χ4v) is 2.51. The predicted octanol–water partition coefficient (Wildman–Crippen LogP) is 2.79. The third kappa shape index (κ3) is 3.10. The van der Waals surface area contributed by atoms with Gasteiger partial charge < -0.3 is 9.84 Å². The summed E-state index contributed by atoms with van der Waals surface area (Å²) in [7, 11) is 0. The standard InChI is InChI=1S/C15H19ClO3/c1-15(2,3)14(18)12(17)8-10-7-11(16)6-9-4-5-19-13(9)10/h6-7,14,18H,4-5,8H2,1-3H3. The molecule has 0 bridgehead atoms. The Labute approximate surface area is 118 Å². The Bertz CT molecular complexity index is 503. The van der Waals surface area contributed by atoms with Crippen LogP contribution in [0.25, 0.3) is 0 Å². The summed E-state index contributed by atoms with van der Waals surface area (Å²) in [5, 5.41) is 10.6. The van der Waals surface area contributed by atoms with Gasteiger partial charge in [0.2, 0.25) is 0 Å². The zero-order valence-corrected chi connectivity index (χ0v) is 12.3. The van der Waals surface area contributed by atoms with Crippen molar-refractivity contribution < 1.29 is 14.6 Å². The van der Waals surface area contributed by atoms with Gasteiger partial charge in [-0.2, -0.15) is 0 Å². The van der Waals surface area contributed by atoms with Crippen molar-refractivity contribution in [2.75, 3.05) is 6.61 Å². The first-order valence-corrected chi connectivity index (χ1v) is 6.81. The van der Waals surface area contributed by atoms with Crippen molar-refractivity contribution in [2.45, 2.75) is 39.7 Å². The predicted molar refractivity (Wildman–Crippen MR) is 74.8 cm³/mol. The van der Waals surface area contributed by atoms with Gasteiger partial charge in [0.15, 0.2) is 5.78 Å². The second kappa shape index (κ2) is 5.14. The van der Waals surface area contributed by atoms with Gasteiger partial charge in [-0.3, -0.25) is 4.79 Å². The molecule has 0 amide bonds. The van der Waals surface area contributed by atoms with E-state index in [0.717, 1.165) is 23.3 Å². The number of Topliss-reactive ketones (excluding diaryl/α,β-unsaturated/α-hetero) is 1. The fourth-order valence-electron chi connectivity index (χ4n) is 2.24. The molecule has 2 rings (SSSR count). The number of benzene rings is 1. The summed E-state index contributed by atoms with van der Waals surface area (Å²) < 4.78 is 5.56. The summed E-state index contributed by atoms with van der Waals surface area (Å²) in [5.41, 5.74) is 1.36. The summed E-state index contributed by atoms with van der Waals surface area (Å²) >= 11 is 6.05. The molecule has 0 saturated heterocycles. The van der Waals surface area contributed by atoms with Crippen molar-refractivity contribution in [2.24, 2.45) is 5.41 Å². The van der Waals surface area contributed by atoms with Gasteiger partial charge in [0.1, 0.15) is 11.9 Å². The molecule has 0 spiro atoms. The van der Waals surface area contributed by atoms with Crippen molar-refractivity contribution in [3.8, 4) is 5.75 Å². The molecule has 1 N–H and O–H groups in total. The number of hydrogen-bond donors (Lipinski definition) is 1. The van der Waals surface area contributed by atoms with Gasteiger partial charge in [-0.05, 0) is 23.1 Å². The van der Waals surface area contributed by atoms with Crippen LogP contribution in [0.4, 0.5) is 0 Å². The number of fused-ring (bicyclic) bond motifs is 1. The minimum atomic E-state index is -0.983. The lowest BCUT2D eigenvalue weighted by molar-refractivity contribution is -0.131.